The van der Waals surface area contributed by atoms with Gasteiger partial charge in [0.1, 0.15) is 28.6 Å². The lowest BCUT2D eigenvalue weighted by molar-refractivity contribution is -0.991. The van der Waals surface area contributed by atoms with E-state index in [0.717, 1.165) is 24.3 Å². The van der Waals surface area contributed by atoms with Crippen LogP contribution in [0.1, 0.15) is 16.8 Å². The minimum atomic E-state index is -1.19. The van der Waals surface area contributed by atoms with E-state index in [9.17, 15) is 24.0 Å². The number of fused-ring (bicyclic) bond motifs is 1. The van der Waals surface area contributed by atoms with E-state index in [4.69, 9.17) is 20.9 Å². The van der Waals surface area contributed by atoms with E-state index in [1.54, 1.807) is 18.2 Å². The number of pyridine rings is 1. The van der Waals surface area contributed by atoms with Crippen LogP contribution in [0.4, 0.5) is 36.6 Å². The highest BCUT2D eigenvalue weighted by atomic mass is 19.1. The van der Waals surface area contributed by atoms with E-state index < -0.39 is 23.0 Å². The Labute approximate surface area is 242 Å². The van der Waals surface area contributed by atoms with Crippen molar-refractivity contribution in [3.8, 4) is 11.7 Å². The fraction of sp³-hybridized carbons (Fsp3) is 0.148. The molecule has 0 fully saturated rings. The number of hydrogen-bond acceptors (Lipinski definition) is 11. The van der Waals surface area contributed by atoms with Crippen molar-refractivity contribution < 1.29 is 33.5 Å². The van der Waals surface area contributed by atoms with Crippen molar-refractivity contribution in [3.05, 3.63) is 88.4 Å². The maximum absolute atomic E-state index is 14.4. The number of carbonyl (C=O) groups is 1. The zero-order valence-corrected chi connectivity index (χ0v) is 22.8. The minimum absolute atomic E-state index is 0.0329. The van der Waals surface area contributed by atoms with Gasteiger partial charge in [-0.15, -0.1) is 0 Å². The van der Waals surface area contributed by atoms with E-state index in [2.05, 4.69) is 20.1 Å². The molecule has 3 heterocycles. The van der Waals surface area contributed by atoms with Gasteiger partial charge in [0.05, 0.1) is 38.2 Å². The molecule has 6 N–H and O–H groups in total. The summed E-state index contributed by atoms with van der Waals surface area (Å²) in [6.45, 7) is -0.277. The number of rotatable bonds is 8. The molecule has 0 saturated carbocycles. The molecule has 0 spiro atoms. The number of carbonyl (C=O) groups excluding carboxylic acids is 1. The maximum atomic E-state index is 14.4. The van der Waals surface area contributed by atoms with Crippen molar-refractivity contribution in [3.63, 3.8) is 0 Å². The van der Waals surface area contributed by atoms with E-state index >= 15 is 0 Å². The number of quaternary nitrogens is 1. The minimum Gasteiger partial charge on any atom is -0.595 e. The topological polar surface area (TPSA) is 195 Å². The van der Waals surface area contributed by atoms with Gasteiger partial charge in [0.15, 0.2) is 17.3 Å². The summed E-state index contributed by atoms with van der Waals surface area (Å²) in [6, 6.07) is 11.4. The lowest BCUT2D eigenvalue weighted by Crippen LogP contribution is -2.99. The van der Waals surface area contributed by atoms with Crippen LogP contribution >= 0.6 is 0 Å². The number of anilines is 3. The van der Waals surface area contributed by atoms with Crippen LogP contribution in [0, 0.1) is 16.8 Å². The summed E-state index contributed by atoms with van der Waals surface area (Å²) < 4.78 is 40.1. The Morgan fingerprint density at radius 3 is 2.47 bits per heavy atom. The number of hydrogen-bond donors (Lipinski definition) is 4. The van der Waals surface area contributed by atoms with Gasteiger partial charge in [0.2, 0.25) is 0 Å². The quantitative estimate of drug-likeness (QED) is 0.193. The van der Waals surface area contributed by atoms with Gasteiger partial charge >= 0.3 is 6.09 Å². The van der Waals surface area contributed by atoms with Gasteiger partial charge in [0.25, 0.3) is 5.95 Å². The van der Waals surface area contributed by atoms with Crippen molar-refractivity contribution in [2.75, 3.05) is 30.6 Å². The number of benzene rings is 2. The number of nitrogens with zero attached hydrogens (tertiary/aromatic N) is 6. The molecule has 0 bridgehead atoms. The maximum Gasteiger partial charge on any atom is 0.414 e. The first-order valence-electron chi connectivity index (χ1n) is 12.6. The van der Waals surface area contributed by atoms with Crippen LogP contribution < -0.4 is 26.3 Å². The predicted octanol–water partition coefficient (Wildman–Crippen LogP) is 2.43. The number of nitrogen functional groups attached to an aromatic ring is 2. The molecule has 1 atom stereocenters. The van der Waals surface area contributed by atoms with Gasteiger partial charge in [-0.3, -0.25) is 4.90 Å². The number of nitrogens with one attached hydrogen (secondary N) is 1. The van der Waals surface area contributed by atoms with Crippen molar-refractivity contribution in [1.82, 2.24) is 24.7 Å². The van der Waals surface area contributed by atoms with Gasteiger partial charge in [-0.2, -0.15) is 25.0 Å². The number of ether oxygens (including phenoxy) is 2. The first kappa shape index (κ1) is 29.1. The highest BCUT2D eigenvalue weighted by Gasteiger charge is 2.27. The van der Waals surface area contributed by atoms with Crippen LogP contribution in [0.25, 0.3) is 17.0 Å². The SMILES string of the molecule is COC(=O)N(Cc1cc([NH+]([O-])O)ccc1OC)c1c(N)nc(-n2nc(Cc3ccccc3F)c3ncc(F)cc32)nc1N. The van der Waals surface area contributed by atoms with Gasteiger partial charge in [-0.05, 0) is 17.7 Å². The Hall–Kier alpha value is -5.45. The zero-order valence-electron chi connectivity index (χ0n) is 22.8. The molecule has 5 aromatic rings. The average Bonchev–Trinajstić information content (AvgIpc) is 3.33. The van der Waals surface area contributed by atoms with Crippen LogP contribution in [0.3, 0.4) is 0 Å². The Balaban J connectivity index is 1.59. The molecule has 0 radical (unpaired) electrons. The third-order valence-corrected chi connectivity index (χ3v) is 6.51. The molecule has 14 nitrogen and oxygen atoms in total. The predicted molar refractivity (Wildman–Crippen MR) is 150 cm³/mol. The lowest BCUT2D eigenvalue weighted by Gasteiger charge is -2.25. The zero-order chi connectivity index (χ0) is 30.8. The Morgan fingerprint density at radius 1 is 1.09 bits per heavy atom. The summed E-state index contributed by atoms with van der Waals surface area (Å²) in [4.78, 5) is 26.6. The molecule has 16 heteroatoms. The summed E-state index contributed by atoms with van der Waals surface area (Å²) >= 11 is 0. The molecule has 2 aromatic carbocycles. The average molecular weight is 594 g/mol. The van der Waals surface area contributed by atoms with Crippen molar-refractivity contribution in [2.24, 2.45) is 0 Å². The summed E-state index contributed by atoms with van der Waals surface area (Å²) in [6.07, 6.45) is 0.138. The molecule has 1 unspecified atom stereocenters. The van der Waals surface area contributed by atoms with E-state index in [-0.39, 0.29) is 58.7 Å². The second kappa shape index (κ2) is 11.8. The van der Waals surface area contributed by atoms with Crippen molar-refractivity contribution in [1.29, 1.82) is 0 Å². The fourth-order valence-electron chi connectivity index (χ4n) is 4.53. The first-order valence-corrected chi connectivity index (χ1v) is 12.6. The van der Waals surface area contributed by atoms with Gasteiger partial charge in [-0.25, -0.2) is 23.8 Å². The van der Waals surface area contributed by atoms with E-state index in [1.807, 2.05) is 0 Å². The molecule has 3 aromatic heterocycles. The second-order valence-corrected chi connectivity index (χ2v) is 9.18. The van der Waals surface area contributed by atoms with E-state index in [0.29, 0.717) is 16.8 Å². The third kappa shape index (κ3) is 5.69. The Kier molecular flexibility index (Phi) is 7.98. The molecular weight excluding hydrogens is 568 g/mol. The van der Waals surface area contributed by atoms with Crippen LogP contribution in [-0.4, -0.2) is 50.3 Å². The molecule has 0 aliphatic heterocycles. The van der Waals surface area contributed by atoms with Gasteiger partial charge in [-0.1, -0.05) is 18.2 Å². The third-order valence-electron chi connectivity index (χ3n) is 6.51. The van der Waals surface area contributed by atoms with Gasteiger partial charge in [0, 0.05) is 30.2 Å². The fourth-order valence-corrected chi connectivity index (χ4v) is 4.53. The highest BCUT2D eigenvalue weighted by molar-refractivity contribution is 5.95. The molecule has 5 rings (SSSR count). The summed E-state index contributed by atoms with van der Waals surface area (Å²) in [7, 11) is 2.52. The Morgan fingerprint density at radius 2 is 1.81 bits per heavy atom. The normalized spacial score (nSPS) is 11.9. The van der Waals surface area contributed by atoms with Crippen LogP contribution in [-0.2, 0) is 17.7 Å². The number of halogens is 2. The molecule has 0 aliphatic rings. The Bertz CT molecular complexity index is 1810. The number of nitrogens with two attached hydrogens (primary N) is 2. The number of methoxy groups -OCH3 is 2. The number of aromatic nitrogens is 5. The molecular formula is C27H25F2N9O5. The molecule has 0 saturated heterocycles. The van der Waals surface area contributed by atoms with Crippen LogP contribution in [0.15, 0.2) is 54.7 Å². The standard InChI is InChI=1S/C27H25F2N9O5/c1-42-21-8-7-17(38(40)41)9-15(21)13-36(27(39)43-2)23-24(30)33-26(34-25(23)31)37-20-11-16(28)12-32-22(20)19(35-37)10-14-5-3-4-6-18(14)29/h3-9,11-12,38,40H,10,13H2,1-2H3,(H4,30,31,33,34). The highest BCUT2D eigenvalue weighted by Crippen LogP contribution is 2.33. The summed E-state index contributed by atoms with van der Waals surface area (Å²) in [5.74, 6) is -1.55. The van der Waals surface area contributed by atoms with Crippen LogP contribution in [0.5, 0.6) is 5.75 Å². The molecule has 0 aliphatic carbocycles. The summed E-state index contributed by atoms with van der Waals surface area (Å²) in [5, 5.41) is 24.3. The number of amides is 1. The second-order valence-electron chi connectivity index (χ2n) is 9.18. The molecule has 222 valence electrons. The van der Waals surface area contributed by atoms with E-state index in [1.165, 1.54) is 36.1 Å². The van der Waals surface area contributed by atoms with Crippen molar-refractivity contribution in [2.45, 2.75) is 13.0 Å². The van der Waals surface area contributed by atoms with Gasteiger partial charge < -0.3 is 26.1 Å². The summed E-state index contributed by atoms with van der Waals surface area (Å²) in [5.41, 5.74) is 13.8. The molecule has 1 amide bonds. The van der Waals surface area contributed by atoms with Crippen molar-refractivity contribution >= 4 is 40.1 Å². The smallest absolute Gasteiger partial charge is 0.414 e. The lowest BCUT2D eigenvalue weighted by atomic mass is 10.1. The first-order chi connectivity index (χ1) is 20.6. The largest absolute Gasteiger partial charge is 0.595 e. The van der Waals surface area contributed by atoms with Crippen LogP contribution in [0.2, 0.25) is 0 Å². The molecule has 43 heavy (non-hydrogen) atoms. The monoisotopic (exact) mass is 593 g/mol.